The zero-order valence-electron chi connectivity index (χ0n) is 12.4. The lowest BCUT2D eigenvalue weighted by Crippen LogP contribution is -2.18. The van der Waals surface area contributed by atoms with Crippen LogP contribution in [0.25, 0.3) is 10.9 Å². The third kappa shape index (κ3) is 2.97. The van der Waals surface area contributed by atoms with Crippen LogP contribution in [0.4, 0.5) is 0 Å². The minimum absolute atomic E-state index is 0.0878. The monoisotopic (exact) mass is 282 g/mol. The van der Waals surface area contributed by atoms with E-state index >= 15 is 0 Å². The van der Waals surface area contributed by atoms with E-state index in [2.05, 4.69) is 6.07 Å². The number of fused-ring (bicyclic) bond motifs is 1. The molecule has 108 valence electrons. The quantitative estimate of drug-likeness (QED) is 0.798. The summed E-state index contributed by atoms with van der Waals surface area (Å²) < 4.78 is 1.96. The maximum atomic E-state index is 9.38. The first kappa shape index (κ1) is 15.6. The van der Waals surface area contributed by atoms with E-state index in [0.717, 1.165) is 16.5 Å². The number of hydrogen-bond donors (Lipinski definition) is 2. The van der Waals surface area contributed by atoms with Gasteiger partial charge in [0.05, 0.1) is 11.5 Å². The summed E-state index contributed by atoms with van der Waals surface area (Å²) in [7, 11) is 5.86. The zero-order chi connectivity index (χ0) is 15.6. The first-order valence-corrected chi connectivity index (χ1v) is 6.94. The normalized spacial score (nSPS) is 12.0. The molecule has 1 aromatic heterocycles. The Labute approximate surface area is 126 Å². The van der Waals surface area contributed by atoms with Gasteiger partial charge in [0.1, 0.15) is 7.85 Å². The second-order valence-corrected chi connectivity index (χ2v) is 5.94. The maximum absolute atomic E-state index is 9.38. The fourth-order valence-electron chi connectivity index (χ4n) is 2.47. The SMILES string of the molecule is [B]c1ccc2c(C(C)(C)C#N)cn(CC(CO)CO)c2c1. The molecule has 0 aliphatic carbocycles. The molecule has 0 unspecified atom stereocenters. The average molecular weight is 282 g/mol. The van der Waals surface area contributed by atoms with Crippen molar-refractivity contribution in [1.82, 2.24) is 4.57 Å². The summed E-state index contributed by atoms with van der Waals surface area (Å²) in [5.74, 6) is -0.236. The van der Waals surface area contributed by atoms with Crippen molar-refractivity contribution in [2.24, 2.45) is 5.92 Å². The fraction of sp³-hybridized carbons (Fsp3) is 0.438. The van der Waals surface area contributed by atoms with Crippen LogP contribution in [0.2, 0.25) is 0 Å². The van der Waals surface area contributed by atoms with Gasteiger partial charge in [-0.05, 0) is 25.5 Å². The fourth-order valence-corrected chi connectivity index (χ4v) is 2.47. The summed E-state index contributed by atoms with van der Waals surface area (Å²) in [5.41, 5.74) is 1.87. The maximum Gasteiger partial charge on any atom is 0.113 e. The van der Waals surface area contributed by atoms with E-state index in [9.17, 15) is 15.5 Å². The van der Waals surface area contributed by atoms with Crippen molar-refractivity contribution in [1.29, 1.82) is 5.26 Å². The predicted octanol–water partition coefficient (Wildman–Crippen LogP) is 0.837. The molecule has 2 radical (unpaired) electrons. The molecule has 0 saturated heterocycles. The average Bonchev–Trinajstić information content (AvgIpc) is 2.83. The molecule has 2 aromatic rings. The van der Waals surface area contributed by atoms with Crippen molar-refractivity contribution < 1.29 is 10.2 Å². The van der Waals surface area contributed by atoms with Crippen molar-refractivity contribution in [2.75, 3.05) is 13.2 Å². The number of hydrogen-bond acceptors (Lipinski definition) is 3. The number of nitrogens with zero attached hydrogens (tertiary/aromatic N) is 2. The van der Waals surface area contributed by atoms with Gasteiger partial charge in [0.15, 0.2) is 0 Å². The van der Waals surface area contributed by atoms with E-state index in [-0.39, 0.29) is 19.1 Å². The Balaban J connectivity index is 2.61. The van der Waals surface area contributed by atoms with Crippen LogP contribution in [0.5, 0.6) is 0 Å². The van der Waals surface area contributed by atoms with Gasteiger partial charge in [0.2, 0.25) is 0 Å². The molecule has 0 fully saturated rings. The highest BCUT2D eigenvalue weighted by Gasteiger charge is 2.25. The molecule has 5 heteroatoms. The first-order chi connectivity index (χ1) is 9.92. The Bertz CT molecular complexity index is 681. The number of aromatic nitrogens is 1. The van der Waals surface area contributed by atoms with Crippen LogP contribution in [0.1, 0.15) is 19.4 Å². The van der Waals surface area contributed by atoms with E-state index in [1.807, 2.05) is 42.8 Å². The molecule has 0 spiro atoms. The highest BCUT2D eigenvalue weighted by Crippen LogP contribution is 2.31. The Hall–Kier alpha value is -1.77. The van der Waals surface area contributed by atoms with Gasteiger partial charge in [0, 0.05) is 42.8 Å². The summed E-state index contributed by atoms with van der Waals surface area (Å²) >= 11 is 0. The Morgan fingerprint density at radius 1 is 1.33 bits per heavy atom. The Morgan fingerprint density at radius 2 is 2.00 bits per heavy atom. The van der Waals surface area contributed by atoms with Gasteiger partial charge in [-0.15, -0.1) is 0 Å². The molecule has 0 atom stereocenters. The van der Waals surface area contributed by atoms with Gasteiger partial charge in [-0.2, -0.15) is 5.26 Å². The number of benzene rings is 1. The van der Waals surface area contributed by atoms with Crippen LogP contribution in [-0.4, -0.2) is 35.8 Å². The molecule has 0 aliphatic heterocycles. The van der Waals surface area contributed by atoms with Crippen LogP contribution in [-0.2, 0) is 12.0 Å². The lowest BCUT2D eigenvalue weighted by molar-refractivity contribution is 0.138. The van der Waals surface area contributed by atoms with Crippen molar-refractivity contribution >= 4 is 24.2 Å². The lowest BCUT2D eigenvalue weighted by Gasteiger charge is -2.14. The van der Waals surface area contributed by atoms with Gasteiger partial charge in [-0.25, -0.2) is 0 Å². The van der Waals surface area contributed by atoms with Gasteiger partial charge >= 0.3 is 0 Å². The van der Waals surface area contributed by atoms with Crippen LogP contribution in [0.15, 0.2) is 24.4 Å². The number of aliphatic hydroxyl groups excluding tert-OH is 2. The van der Waals surface area contributed by atoms with Crippen LogP contribution in [0.3, 0.4) is 0 Å². The summed E-state index contributed by atoms with van der Waals surface area (Å²) in [6.45, 7) is 4.05. The molecule has 0 bridgehead atoms. The second kappa shape index (κ2) is 5.93. The van der Waals surface area contributed by atoms with E-state index in [1.54, 1.807) is 0 Å². The van der Waals surface area contributed by atoms with E-state index in [4.69, 9.17) is 7.85 Å². The van der Waals surface area contributed by atoms with Crippen molar-refractivity contribution in [2.45, 2.75) is 25.8 Å². The molecule has 1 heterocycles. The third-order valence-electron chi connectivity index (χ3n) is 3.83. The first-order valence-electron chi connectivity index (χ1n) is 6.94. The Kier molecular flexibility index (Phi) is 4.41. The van der Waals surface area contributed by atoms with E-state index in [1.165, 1.54) is 0 Å². The van der Waals surface area contributed by atoms with Gasteiger partial charge in [-0.3, -0.25) is 0 Å². The van der Waals surface area contributed by atoms with Gasteiger partial charge in [-0.1, -0.05) is 17.6 Å². The molecule has 4 nitrogen and oxygen atoms in total. The second-order valence-electron chi connectivity index (χ2n) is 5.94. The lowest BCUT2D eigenvalue weighted by atomic mass is 9.85. The highest BCUT2D eigenvalue weighted by atomic mass is 16.3. The van der Waals surface area contributed by atoms with Gasteiger partial charge < -0.3 is 14.8 Å². The molecule has 0 amide bonds. The number of aliphatic hydroxyl groups is 2. The highest BCUT2D eigenvalue weighted by molar-refractivity contribution is 6.33. The van der Waals surface area contributed by atoms with Crippen LogP contribution in [0, 0.1) is 17.2 Å². The summed E-state index contributed by atoms with van der Waals surface area (Å²) in [6, 6.07) is 7.91. The molecule has 0 saturated carbocycles. The molecule has 0 aliphatic rings. The van der Waals surface area contributed by atoms with Crippen molar-refractivity contribution in [3.63, 3.8) is 0 Å². The van der Waals surface area contributed by atoms with E-state index in [0.29, 0.717) is 12.0 Å². The molecular formula is C16H19BN2O2. The molecule has 21 heavy (non-hydrogen) atoms. The summed E-state index contributed by atoms with van der Waals surface area (Å²) in [5, 5.41) is 28.9. The van der Waals surface area contributed by atoms with Gasteiger partial charge in [0.25, 0.3) is 0 Å². The number of rotatable bonds is 5. The summed E-state index contributed by atoms with van der Waals surface area (Å²) in [6.07, 6.45) is 1.92. The zero-order valence-corrected chi connectivity index (χ0v) is 12.4. The summed E-state index contributed by atoms with van der Waals surface area (Å²) in [4.78, 5) is 0. The molecular weight excluding hydrogens is 263 g/mol. The topological polar surface area (TPSA) is 69.2 Å². The molecule has 2 N–H and O–H groups in total. The predicted molar refractivity (Wildman–Crippen MR) is 83.6 cm³/mol. The van der Waals surface area contributed by atoms with E-state index < -0.39 is 5.41 Å². The molecule has 1 aromatic carbocycles. The minimum atomic E-state index is -0.618. The Morgan fingerprint density at radius 3 is 2.57 bits per heavy atom. The third-order valence-corrected chi connectivity index (χ3v) is 3.83. The largest absolute Gasteiger partial charge is 0.396 e. The smallest absolute Gasteiger partial charge is 0.113 e. The van der Waals surface area contributed by atoms with Crippen molar-refractivity contribution in [3.05, 3.63) is 30.0 Å². The van der Waals surface area contributed by atoms with Crippen LogP contribution < -0.4 is 5.46 Å². The van der Waals surface area contributed by atoms with Crippen molar-refractivity contribution in [3.8, 4) is 6.07 Å². The molecule has 2 rings (SSSR count). The minimum Gasteiger partial charge on any atom is -0.396 e. The number of nitriles is 1. The standard InChI is InChI=1S/C16H19BN2O2/c1-16(2,10-18)14-7-19(6-11(8-20)9-21)15-5-12(17)3-4-13(14)15/h3-5,7,11,20-21H,6,8-9H2,1-2H3. The van der Waals surface area contributed by atoms with Crippen LogP contribution >= 0.6 is 0 Å².